The minimum absolute atomic E-state index is 0.620. The fourth-order valence-electron chi connectivity index (χ4n) is 3.51. The molecule has 1 aromatic heterocycles. The number of pyridine rings is 1. The first-order valence-corrected chi connectivity index (χ1v) is 8.55. The second-order valence-electron chi connectivity index (χ2n) is 6.39. The molecule has 1 saturated carbocycles. The first-order valence-electron chi connectivity index (χ1n) is 8.55. The van der Waals surface area contributed by atoms with E-state index >= 15 is 0 Å². The monoisotopic (exact) mass is 289 g/mol. The highest BCUT2D eigenvalue weighted by atomic mass is 15.1. The predicted octanol–water partition coefficient (Wildman–Crippen LogP) is 3.38. The number of aromatic nitrogens is 1. The normalized spacial score (nSPS) is 18.1. The number of rotatable bonds is 7. The van der Waals surface area contributed by atoms with Crippen molar-refractivity contribution in [1.82, 2.24) is 15.2 Å². The number of hydrogen-bond donors (Lipinski definition) is 1. The Bertz CT molecular complexity index is 413. The minimum Gasteiger partial charge on any atom is -0.315 e. The molecule has 1 aliphatic carbocycles. The van der Waals surface area contributed by atoms with E-state index in [0.29, 0.717) is 6.04 Å². The molecule has 0 amide bonds. The van der Waals surface area contributed by atoms with Gasteiger partial charge in [0.05, 0.1) is 5.69 Å². The molecule has 0 spiro atoms. The van der Waals surface area contributed by atoms with Gasteiger partial charge in [0, 0.05) is 24.8 Å². The molecule has 2 rings (SSSR count). The Balaban J connectivity index is 1.93. The van der Waals surface area contributed by atoms with Gasteiger partial charge in [-0.25, -0.2) is 0 Å². The van der Waals surface area contributed by atoms with Gasteiger partial charge >= 0.3 is 0 Å². The van der Waals surface area contributed by atoms with Crippen molar-refractivity contribution < 1.29 is 0 Å². The molecule has 1 atom stereocenters. The molecule has 1 unspecified atom stereocenters. The van der Waals surface area contributed by atoms with Crippen molar-refractivity contribution in [3.8, 4) is 0 Å². The Morgan fingerprint density at radius 3 is 2.67 bits per heavy atom. The van der Waals surface area contributed by atoms with E-state index in [1.165, 1.54) is 37.8 Å². The molecule has 0 saturated heterocycles. The molecule has 3 heteroatoms. The Labute approximate surface area is 130 Å². The fourth-order valence-corrected chi connectivity index (χ4v) is 3.51. The van der Waals surface area contributed by atoms with Crippen LogP contribution in [0.2, 0.25) is 0 Å². The Hall–Kier alpha value is -0.930. The number of nitrogens with one attached hydrogen (secondary N) is 1. The van der Waals surface area contributed by atoms with Crippen LogP contribution in [0.4, 0.5) is 0 Å². The van der Waals surface area contributed by atoms with Gasteiger partial charge in [-0.15, -0.1) is 0 Å². The van der Waals surface area contributed by atoms with E-state index in [4.69, 9.17) is 0 Å². The van der Waals surface area contributed by atoms with E-state index in [1.54, 1.807) is 0 Å². The third-order valence-electron chi connectivity index (χ3n) is 4.82. The fraction of sp³-hybridized carbons (Fsp3) is 0.722. The average Bonchev–Trinajstić information content (AvgIpc) is 2.52. The summed E-state index contributed by atoms with van der Waals surface area (Å²) in [4.78, 5) is 7.17. The molecule has 0 aliphatic heterocycles. The molecule has 0 radical (unpaired) electrons. The van der Waals surface area contributed by atoms with E-state index in [-0.39, 0.29) is 0 Å². The molecule has 0 bridgehead atoms. The largest absolute Gasteiger partial charge is 0.315 e. The summed E-state index contributed by atoms with van der Waals surface area (Å²) in [5, 5.41) is 3.57. The molecule has 1 aromatic rings. The lowest BCUT2D eigenvalue weighted by atomic mass is 9.83. The number of aryl methyl sites for hydroxylation is 1. The maximum atomic E-state index is 4.64. The lowest BCUT2D eigenvalue weighted by Crippen LogP contribution is -2.44. The van der Waals surface area contributed by atoms with E-state index in [0.717, 1.165) is 31.2 Å². The highest BCUT2D eigenvalue weighted by Gasteiger charge is 2.24. The molecule has 1 aliphatic rings. The first kappa shape index (κ1) is 16.4. The van der Waals surface area contributed by atoms with Crippen LogP contribution >= 0.6 is 0 Å². The van der Waals surface area contributed by atoms with Crippen LogP contribution in [-0.2, 0) is 6.54 Å². The molecule has 1 heterocycles. The third kappa shape index (κ3) is 5.08. The van der Waals surface area contributed by atoms with Crippen LogP contribution in [0.1, 0.15) is 50.4 Å². The summed E-state index contributed by atoms with van der Waals surface area (Å²) in [7, 11) is 2.12. The molecular formula is C18H31N3. The molecule has 3 nitrogen and oxygen atoms in total. The van der Waals surface area contributed by atoms with Crippen LogP contribution in [0.5, 0.6) is 0 Å². The number of likely N-dealkylation sites (N-methyl/N-ethyl adjacent to an activating group) is 2. The Morgan fingerprint density at radius 1 is 1.29 bits per heavy atom. The Morgan fingerprint density at radius 2 is 2.05 bits per heavy atom. The standard InChI is InChI=1S/C18H31N3/c1-4-21(13-17-12-8-9-15(2)20-17)14-18(19-3)16-10-6-5-7-11-16/h8-9,12,16,18-19H,4-7,10-11,13-14H2,1-3H3. The van der Waals surface area contributed by atoms with Crippen molar-refractivity contribution in [2.75, 3.05) is 20.1 Å². The molecule has 118 valence electrons. The van der Waals surface area contributed by atoms with Crippen molar-refractivity contribution in [3.63, 3.8) is 0 Å². The van der Waals surface area contributed by atoms with Gasteiger partial charge in [-0.3, -0.25) is 9.88 Å². The van der Waals surface area contributed by atoms with Gasteiger partial charge in [-0.05, 0) is 51.4 Å². The van der Waals surface area contributed by atoms with Crippen molar-refractivity contribution in [2.45, 2.75) is 58.5 Å². The van der Waals surface area contributed by atoms with Gasteiger partial charge in [0.25, 0.3) is 0 Å². The van der Waals surface area contributed by atoms with Gasteiger partial charge in [-0.2, -0.15) is 0 Å². The van der Waals surface area contributed by atoms with Crippen molar-refractivity contribution in [1.29, 1.82) is 0 Å². The molecule has 1 fully saturated rings. The maximum absolute atomic E-state index is 4.64. The topological polar surface area (TPSA) is 28.2 Å². The zero-order chi connectivity index (χ0) is 15.1. The van der Waals surface area contributed by atoms with Gasteiger partial charge < -0.3 is 5.32 Å². The highest BCUT2D eigenvalue weighted by molar-refractivity contribution is 5.09. The van der Waals surface area contributed by atoms with Crippen LogP contribution in [-0.4, -0.2) is 36.1 Å². The zero-order valence-electron chi connectivity index (χ0n) is 13.9. The molecular weight excluding hydrogens is 258 g/mol. The van der Waals surface area contributed by atoms with Crippen molar-refractivity contribution in [2.24, 2.45) is 5.92 Å². The smallest absolute Gasteiger partial charge is 0.0547 e. The summed E-state index contributed by atoms with van der Waals surface area (Å²) in [5.74, 6) is 0.850. The number of nitrogens with zero attached hydrogens (tertiary/aromatic N) is 2. The maximum Gasteiger partial charge on any atom is 0.0547 e. The van der Waals surface area contributed by atoms with Crippen molar-refractivity contribution in [3.05, 3.63) is 29.6 Å². The van der Waals surface area contributed by atoms with Crippen LogP contribution < -0.4 is 5.32 Å². The molecule has 0 aromatic carbocycles. The van der Waals surface area contributed by atoms with Crippen LogP contribution in [0, 0.1) is 12.8 Å². The quantitative estimate of drug-likeness (QED) is 0.834. The van der Waals surface area contributed by atoms with Crippen LogP contribution in [0.15, 0.2) is 18.2 Å². The minimum atomic E-state index is 0.620. The van der Waals surface area contributed by atoms with Gasteiger partial charge in [0.15, 0.2) is 0 Å². The third-order valence-corrected chi connectivity index (χ3v) is 4.82. The zero-order valence-corrected chi connectivity index (χ0v) is 13.9. The first-order chi connectivity index (χ1) is 10.2. The summed E-state index contributed by atoms with van der Waals surface area (Å²) in [5.41, 5.74) is 2.30. The van der Waals surface area contributed by atoms with E-state index in [9.17, 15) is 0 Å². The predicted molar refractivity (Wildman–Crippen MR) is 89.3 cm³/mol. The van der Waals surface area contributed by atoms with Gasteiger partial charge in [0.2, 0.25) is 0 Å². The second-order valence-corrected chi connectivity index (χ2v) is 6.39. The van der Waals surface area contributed by atoms with E-state index in [1.807, 2.05) is 0 Å². The summed E-state index contributed by atoms with van der Waals surface area (Å²) < 4.78 is 0. The lowest BCUT2D eigenvalue weighted by Gasteiger charge is -2.34. The van der Waals surface area contributed by atoms with E-state index < -0.39 is 0 Å². The summed E-state index contributed by atoms with van der Waals surface area (Å²) >= 11 is 0. The number of hydrogen-bond acceptors (Lipinski definition) is 3. The highest BCUT2D eigenvalue weighted by Crippen LogP contribution is 2.27. The van der Waals surface area contributed by atoms with Crippen LogP contribution in [0.25, 0.3) is 0 Å². The lowest BCUT2D eigenvalue weighted by molar-refractivity contribution is 0.188. The molecule has 21 heavy (non-hydrogen) atoms. The summed E-state index contributed by atoms with van der Waals surface area (Å²) in [6.45, 7) is 7.50. The average molecular weight is 289 g/mol. The second kappa shape index (κ2) is 8.50. The SMILES string of the molecule is CCN(Cc1cccc(C)n1)CC(NC)C1CCCCC1. The molecule has 1 N–H and O–H groups in total. The van der Waals surface area contributed by atoms with Crippen LogP contribution in [0.3, 0.4) is 0 Å². The van der Waals surface area contributed by atoms with Crippen molar-refractivity contribution >= 4 is 0 Å². The summed E-state index contributed by atoms with van der Waals surface area (Å²) in [6, 6.07) is 6.94. The van der Waals surface area contributed by atoms with Gasteiger partial charge in [-0.1, -0.05) is 32.3 Å². The Kier molecular flexibility index (Phi) is 6.65. The summed E-state index contributed by atoms with van der Waals surface area (Å²) in [6.07, 6.45) is 7.04. The van der Waals surface area contributed by atoms with E-state index in [2.05, 4.69) is 54.3 Å². The van der Waals surface area contributed by atoms with Gasteiger partial charge in [0.1, 0.15) is 0 Å².